The van der Waals surface area contributed by atoms with Gasteiger partial charge in [0.25, 0.3) is 6.08 Å². The first-order valence-electron chi connectivity index (χ1n) is 4.96. The fraction of sp³-hybridized carbons (Fsp3) is 0.700. The maximum absolute atomic E-state index is 12.5. The minimum atomic E-state index is -1.65. The van der Waals surface area contributed by atoms with Gasteiger partial charge in [-0.25, -0.2) is 0 Å². The molecule has 0 aromatic heterocycles. The van der Waals surface area contributed by atoms with Crippen LogP contribution in [0.4, 0.5) is 8.78 Å². The first kappa shape index (κ1) is 10.5. The van der Waals surface area contributed by atoms with Crippen LogP contribution in [0.25, 0.3) is 0 Å². The number of esters is 1. The van der Waals surface area contributed by atoms with E-state index in [2.05, 4.69) is 0 Å². The molecule has 2 saturated heterocycles. The Bertz CT molecular complexity index is 325. The Balaban J connectivity index is 2.30. The van der Waals surface area contributed by atoms with E-state index < -0.39 is 11.6 Å². The summed E-state index contributed by atoms with van der Waals surface area (Å²) in [5.41, 5.74) is -0.715. The maximum atomic E-state index is 12.5. The minimum Gasteiger partial charge on any atom is -0.468 e. The highest BCUT2D eigenvalue weighted by atomic mass is 19.3. The Labute approximate surface area is 86.7 Å². The normalized spacial score (nSPS) is 30.5. The average molecular weight is 217 g/mol. The zero-order valence-corrected chi connectivity index (χ0v) is 8.56. The summed E-state index contributed by atoms with van der Waals surface area (Å²) in [4.78, 5) is 13.5. The second-order valence-electron chi connectivity index (χ2n) is 4.09. The molecule has 0 radical (unpaired) electrons. The second-order valence-corrected chi connectivity index (χ2v) is 4.09. The van der Waals surface area contributed by atoms with E-state index in [4.69, 9.17) is 4.74 Å². The van der Waals surface area contributed by atoms with E-state index in [0.717, 1.165) is 6.42 Å². The molecule has 3 nitrogen and oxygen atoms in total. The van der Waals surface area contributed by atoms with Crippen LogP contribution in [0.2, 0.25) is 0 Å². The third-order valence-electron chi connectivity index (χ3n) is 3.34. The van der Waals surface area contributed by atoms with Crippen LogP contribution in [0.1, 0.15) is 19.3 Å². The molecule has 5 heteroatoms. The Morgan fingerprint density at radius 3 is 2.87 bits per heavy atom. The van der Waals surface area contributed by atoms with Crippen LogP contribution in [-0.2, 0) is 9.53 Å². The molecule has 0 spiro atoms. The Hall–Kier alpha value is -0.970. The van der Waals surface area contributed by atoms with Gasteiger partial charge in [-0.3, -0.25) is 9.69 Å². The lowest BCUT2D eigenvalue weighted by Crippen LogP contribution is -2.46. The summed E-state index contributed by atoms with van der Waals surface area (Å²) in [7, 11) is 1.31. The quantitative estimate of drug-likeness (QED) is 0.624. The van der Waals surface area contributed by atoms with Crippen molar-refractivity contribution in [3.05, 3.63) is 11.7 Å². The smallest absolute Gasteiger partial charge is 0.326 e. The van der Waals surface area contributed by atoms with Crippen LogP contribution >= 0.6 is 0 Å². The number of hydrogen-bond donors (Lipinski definition) is 0. The molecule has 0 bridgehead atoms. The monoisotopic (exact) mass is 217 g/mol. The van der Waals surface area contributed by atoms with Gasteiger partial charge in [0.1, 0.15) is 5.54 Å². The van der Waals surface area contributed by atoms with Crippen molar-refractivity contribution in [2.45, 2.75) is 24.8 Å². The van der Waals surface area contributed by atoms with Gasteiger partial charge < -0.3 is 4.74 Å². The Kier molecular flexibility index (Phi) is 2.50. The number of ether oxygens (including phenoxy) is 1. The SMILES string of the molecule is COC(=O)C12CCCN1CC(=C(F)F)C2. The molecule has 1 unspecified atom stereocenters. The van der Waals surface area contributed by atoms with Gasteiger partial charge in [0.15, 0.2) is 0 Å². The summed E-state index contributed by atoms with van der Waals surface area (Å²) in [6, 6.07) is 0. The molecule has 2 aliphatic heterocycles. The fourth-order valence-corrected chi connectivity index (χ4v) is 2.62. The zero-order chi connectivity index (χ0) is 11.1. The van der Waals surface area contributed by atoms with Gasteiger partial charge >= 0.3 is 5.97 Å². The highest BCUT2D eigenvalue weighted by molar-refractivity contribution is 5.82. The van der Waals surface area contributed by atoms with Crippen LogP contribution in [0, 0.1) is 0 Å². The lowest BCUT2D eigenvalue weighted by molar-refractivity contribution is -0.151. The number of carbonyl (C=O) groups excluding carboxylic acids is 1. The third kappa shape index (κ3) is 1.45. The zero-order valence-electron chi connectivity index (χ0n) is 8.56. The molecule has 15 heavy (non-hydrogen) atoms. The number of rotatable bonds is 1. The van der Waals surface area contributed by atoms with E-state index in [1.54, 1.807) is 0 Å². The van der Waals surface area contributed by atoms with Gasteiger partial charge in [-0.15, -0.1) is 0 Å². The molecule has 0 amide bonds. The average Bonchev–Trinajstić information content (AvgIpc) is 2.72. The summed E-state index contributed by atoms with van der Waals surface area (Å²) >= 11 is 0. The number of methoxy groups -OCH3 is 1. The van der Waals surface area contributed by atoms with Crippen molar-refractivity contribution < 1.29 is 18.3 Å². The summed E-state index contributed by atoms with van der Waals surface area (Å²) in [5.74, 6) is -0.378. The van der Waals surface area contributed by atoms with Gasteiger partial charge in [-0.1, -0.05) is 0 Å². The van der Waals surface area contributed by atoms with Gasteiger partial charge in [0.2, 0.25) is 0 Å². The van der Waals surface area contributed by atoms with Gasteiger partial charge in [0.05, 0.1) is 7.11 Å². The van der Waals surface area contributed by atoms with Crippen molar-refractivity contribution in [3.63, 3.8) is 0 Å². The first-order chi connectivity index (χ1) is 7.10. The van der Waals surface area contributed by atoms with Crippen molar-refractivity contribution >= 4 is 5.97 Å². The standard InChI is InChI=1S/C10H13F2NO2/c1-15-9(14)10-3-2-4-13(10)6-7(5-10)8(11)12/h2-6H2,1H3. The summed E-state index contributed by atoms with van der Waals surface area (Å²) in [6.45, 7) is 0.906. The topological polar surface area (TPSA) is 29.5 Å². The largest absolute Gasteiger partial charge is 0.468 e. The van der Waals surface area contributed by atoms with Crippen molar-refractivity contribution in [1.82, 2.24) is 4.90 Å². The molecule has 0 aromatic rings. The Morgan fingerprint density at radius 2 is 2.27 bits per heavy atom. The molecular formula is C10H13F2NO2. The van der Waals surface area contributed by atoms with E-state index in [1.165, 1.54) is 7.11 Å². The fourth-order valence-electron chi connectivity index (χ4n) is 2.62. The summed E-state index contributed by atoms with van der Waals surface area (Å²) < 4.78 is 29.7. The molecule has 84 valence electrons. The van der Waals surface area contributed by atoms with Gasteiger partial charge in [0, 0.05) is 18.5 Å². The van der Waals surface area contributed by atoms with Crippen LogP contribution in [0.3, 0.4) is 0 Å². The van der Waals surface area contributed by atoms with E-state index in [0.29, 0.717) is 13.0 Å². The second kappa shape index (κ2) is 3.56. The molecule has 2 heterocycles. The third-order valence-corrected chi connectivity index (χ3v) is 3.34. The molecule has 0 saturated carbocycles. The number of fused-ring (bicyclic) bond motifs is 1. The van der Waals surface area contributed by atoms with Crippen LogP contribution in [0.15, 0.2) is 11.7 Å². The molecule has 2 aliphatic rings. The van der Waals surface area contributed by atoms with Crippen molar-refractivity contribution in [2.75, 3.05) is 20.2 Å². The first-order valence-corrected chi connectivity index (χ1v) is 4.96. The summed E-state index contributed by atoms with van der Waals surface area (Å²) in [5, 5.41) is 0. The van der Waals surface area contributed by atoms with Crippen LogP contribution < -0.4 is 0 Å². The predicted octanol–water partition coefficient (Wildman–Crippen LogP) is 1.55. The highest BCUT2D eigenvalue weighted by Gasteiger charge is 2.53. The number of carbonyl (C=O) groups is 1. The molecular weight excluding hydrogens is 204 g/mol. The Morgan fingerprint density at radius 1 is 1.53 bits per heavy atom. The maximum Gasteiger partial charge on any atom is 0.326 e. The van der Waals surface area contributed by atoms with E-state index in [-0.39, 0.29) is 24.5 Å². The number of halogens is 2. The number of nitrogens with zero attached hydrogens (tertiary/aromatic N) is 1. The van der Waals surface area contributed by atoms with Crippen LogP contribution in [-0.4, -0.2) is 36.6 Å². The van der Waals surface area contributed by atoms with E-state index >= 15 is 0 Å². The predicted molar refractivity (Wildman–Crippen MR) is 49.4 cm³/mol. The van der Waals surface area contributed by atoms with E-state index in [1.807, 2.05) is 4.90 Å². The van der Waals surface area contributed by atoms with Crippen molar-refractivity contribution in [2.24, 2.45) is 0 Å². The minimum absolute atomic E-state index is 0.0834. The van der Waals surface area contributed by atoms with E-state index in [9.17, 15) is 13.6 Å². The molecule has 0 aromatic carbocycles. The molecule has 0 N–H and O–H groups in total. The van der Waals surface area contributed by atoms with Gasteiger partial charge in [-0.2, -0.15) is 8.78 Å². The van der Waals surface area contributed by atoms with Crippen molar-refractivity contribution in [1.29, 1.82) is 0 Å². The molecule has 2 fully saturated rings. The van der Waals surface area contributed by atoms with Gasteiger partial charge in [-0.05, 0) is 19.4 Å². The number of hydrogen-bond acceptors (Lipinski definition) is 3. The lowest BCUT2D eigenvalue weighted by Gasteiger charge is -2.27. The molecule has 0 aliphatic carbocycles. The molecule has 2 rings (SSSR count). The summed E-state index contributed by atoms with van der Waals surface area (Å²) in [6.07, 6.45) is -0.0259. The molecule has 1 atom stereocenters. The lowest BCUT2D eigenvalue weighted by atomic mass is 9.93. The highest BCUT2D eigenvalue weighted by Crippen LogP contribution is 2.43. The van der Waals surface area contributed by atoms with Crippen molar-refractivity contribution in [3.8, 4) is 0 Å². The van der Waals surface area contributed by atoms with Crippen LogP contribution in [0.5, 0.6) is 0 Å².